The molecule has 3 aromatic rings. The van der Waals surface area contributed by atoms with Crippen LogP contribution in [0.15, 0.2) is 41.1 Å². The number of nitrogens with zero attached hydrogens (tertiary/aromatic N) is 4. The van der Waals surface area contributed by atoms with E-state index in [2.05, 4.69) is 38.4 Å². The van der Waals surface area contributed by atoms with E-state index in [0.717, 1.165) is 19.3 Å². The van der Waals surface area contributed by atoms with Crippen molar-refractivity contribution in [3.05, 3.63) is 58.1 Å². The number of hydrogen-bond acceptors (Lipinski definition) is 4. The molecule has 1 amide bonds. The lowest BCUT2D eigenvalue weighted by Gasteiger charge is -2.07. The van der Waals surface area contributed by atoms with Crippen LogP contribution in [-0.4, -0.2) is 25.5 Å². The van der Waals surface area contributed by atoms with Gasteiger partial charge >= 0.3 is 6.18 Å². The quantitative estimate of drug-likeness (QED) is 0.407. The monoisotopic (exact) mass is 525 g/mol. The van der Waals surface area contributed by atoms with E-state index in [-0.39, 0.29) is 36.0 Å². The molecule has 0 radical (unpaired) electrons. The number of aromatic nitrogens is 4. The predicted octanol–water partition coefficient (Wildman–Crippen LogP) is 5.37. The predicted molar refractivity (Wildman–Crippen MR) is 119 cm³/mol. The highest BCUT2D eigenvalue weighted by Crippen LogP contribution is 2.47. The first kappa shape index (κ1) is 23.3. The Kier molecular flexibility index (Phi) is 6.78. The number of carbonyl (C=O) groups is 1. The molecule has 0 bridgehead atoms. The third kappa shape index (κ3) is 5.76. The number of carbonyl (C=O) groups excluding carboxylic acids is 1. The van der Waals surface area contributed by atoms with Gasteiger partial charge in [-0.25, -0.2) is 4.68 Å². The minimum Gasteiger partial charge on any atom is -0.471 e. The van der Waals surface area contributed by atoms with Gasteiger partial charge in [0.1, 0.15) is 5.75 Å². The molecular weight excluding hydrogens is 503 g/mol. The van der Waals surface area contributed by atoms with Crippen molar-refractivity contribution in [2.45, 2.75) is 58.0 Å². The summed E-state index contributed by atoms with van der Waals surface area (Å²) in [6.45, 7) is 2.31. The maximum atomic E-state index is 13.2. The SMILES string of the molecule is CCc1ccc(OCn2cc(NC(=O)CCn3nc(C(F)(F)F)c(Br)c3C3CC3)cn2)cc1. The number of aryl methyl sites for hydroxylation is 2. The van der Waals surface area contributed by atoms with E-state index in [0.29, 0.717) is 17.1 Å². The van der Waals surface area contributed by atoms with Crippen LogP contribution in [0.5, 0.6) is 5.75 Å². The van der Waals surface area contributed by atoms with Crippen molar-refractivity contribution in [3.63, 3.8) is 0 Å². The molecule has 4 rings (SSSR count). The average molecular weight is 526 g/mol. The number of alkyl halides is 3. The Morgan fingerprint density at radius 1 is 1.27 bits per heavy atom. The van der Waals surface area contributed by atoms with E-state index in [4.69, 9.17) is 4.74 Å². The Morgan fingerprint density at radius 3 is 2.64 bits per heavy atom. The second-order valence-corrected chi connectivity index (χ2v) is 8.67. The first-order valence-corrected chi connectivity index (χ1v) is 11.4. The van der Waals surface area contributed by atoms with Gasteiger partial charge in [-0.2, -0.15) is 23.4 Å². The highest BCUT2D eigenvalue weighted by molar-refractivity contribution is 9.10. The molecule has 1 aliphatic rings. The molecule has 0 spiro atoms. The zero-order chi connectivity index (χ0) is 23.6. The van der Waals surface area contributed by atoms with Gasteiger partial charge in [0.2, 0.25) is 5.91 Å². The van der Waals surface area contributed by atoms with Gasteiger partial charge in [0.15, 0.2) is 12.4 Å². The maximum Gasteiger partial charge on any atom is 0.436 e. The fourth-order valence-electron chi connectivity index (χ4n) is 3.44. The van der Waals surface area contributed by atoms with Gasteiger partial charge in [-0.1, -0.05) is 19.1 Å². The number of rotatable bonds is 9. The molecule has 0 saturated heterocycles. The Balaban J connectivity index is 1.31. The van der Waals surface area contributed by atoms with Crippen molar-refractivity contribution < 1.29 is 22.7 Å². The third-order valence-corrected chi connectivity index (χ3v) is 6.11. The summed E-state index contributed by atoms with van der Waals surface area (Å²) in [4.78, 5) is 12.4. The number of hydrogen-bond donors (Lipinski definition) is 1. The summed E-state index contributed by atoms with van der Waals surface area (Å²) in [6.07, 6.45) is 1.13. The molecule has 2 heterocycles. The zero-order valence-corrected chi connectivity index (χ0v) is 19.5. The molecule has 1 saturated carbocycles. The first-order valence-electron chi connectivity index (χ1n) is 10.6. The number of nitrogens with one attached hydrogen (secondary N) is 1. The number of anilines is 1. The van der Waals surface area contributed by atoms with Crippen molar-refractivity contribution in [2.75, 3.05) is 5.32 Å². The van der Waals surface area contributed by atoms with Crippen LogP contribution < -0.4 is 10.1 Å². The second kappa shape index (κ2) is 9.58. The summed E-state index contributed by atoms with van der Waals surface area (Å²) in [5.74, 6) is 0.415. The smallest absolute Gasteiger partial charge is 0.436 e. The Morgan fingerprint density at radius 2 is 2.00 bits per heavy atom. The minimum atomic E-state index is -4.55. The van der Waals surface area contributed by atoms with Crippen LogP contribution in [0.25, 0.3) is 0 Å². The number of ether oxygens (including phenoxy) is 1. The molecule has 1 N–H and O–H groups in total. The van der Waals surface area contributed by atoms with Gasteiger partial charge in [0.25, 0.3) is 0 Å². The Labute approximate surface area is 197 Å². The summed E-state index contributed by atoms with van der Waals surface area (Å²) >= 11 is 3.05. The maximum absolute atomic E-state index is 13.2. The lowest BCUT2D eigenvalue weighted by Crippen LogP contribution is -2.16. The highest BCUT2D eigenvalue weighted by atomic mass is 79.9. The summed E-state index contributed by atoms with van der Waals surface area (Å²) < 4.78 is 48.1. The Bertz CT molecular complexity index is 1120. The molecule has 11 heteroatoms. The van der Waals surface area contributed by atoms with Crippen molar-refractivity contribution in [2.24, 2.45) is 0 Å². The molecule has 0 aliphatic heterocycles. The fourth-order valence-corrected chi connectivity index (χ4v) is 4.28. The molecule has 1 aliphatic carbocycles. The topological polar surface area (TPSA) is 74.0 Å². The fraction of sp³-hybridized carbons (Fsp3) is 0.409. The lowest BCUT2D eigenvalue weighted by atomic mass is 10.2. The normalized spacial score (nSPS) is 13.8. The largest absolute Gasteiger partial charge is 0.471 e. The van der Waals surface area contributed by atoms with Crippen LogP contribution in [0.4, 0.5) is 18.9 Å². The third-order valence-electron chi connectivity index (χ3n) is 5.33. The van der Waals surface area contributed by atoms with Crippen LogP contribution in [0.2, 0.25) is 0 Å². The van der Waals surface area contributed by atoms with Crippen LogP contribution in [-0.2, 0) is 30.7 Å². The molecule has 0 atom stereocenters. The molecule has 2 aromatic heterocycles. The average Bonchev–Trinajstić information content (AvgIpc) is 3.41. The van der Waals surface area contributed by atoms with E-state index in [9.17, 15) is 18.0 Å². The van der Waals surface area contributed by atoms with Crippen molar-refractivity contribution >= 4 is 27.5 Å². The standard InChI is InChI=1S/C22H23BrF3N5O2/c1-2-14-3-7-17(8-4-14)33-13-30-12-16(11-27-30)28-18(32)9-10-31-20(15-5-6-15)19(23)21(29-31)22(24,25)26/h3-4,7-8,11-12,15H,2,5-6,9-10,13H2,1H3,(H,28,32). The molecule has 1 fully saturated rings. The van der Waals surface area contributed by atoms with Crippen molar-refractivity contribution in [1.29, 1.82) is 0 Å². The number of benzene rings is 1. The highest BCUT2D eigenvalue weighted by Gasteiger charge is 2.41. The number of amides is 1. The van der Waals surface area contributed by atoms with E-state index in [1.165, 1.54) is 21.1 Å². The van der Waals surface area contributed by atoms with Gasteiger partial charge in [-0.05, 0) is 52.9 Å². The van der Waals surface area contributed by atoms with E-state index >= 15 is 0 Å². The van der Waals surface area contributed by atoms with Crippen molar-refractivity contribution in [3.8, 4) is 5.75 Å². The van der Waals surface area contributed by atoms with Crippen LogP contribution in [0.3, 0.4) is 0 Å². The van der Waals surface area contributed by atoms with E-state index in [1.807, 2.05) is 24.3 Å². The van der Waals surface area contributed by atoms with Gasteiger partial charge in [-0.3, -0.25) is 9.48 Å². The minimum absolute atomic E-state index is 0.0173. The molecule has 7 nitrogen and oxygen atoms in total. The van der Waals surface area contributed by atoms with Crippen LogP contribution in [0.1, 0.15) is 49.1 Å². The summed E-state index contributed by atoms with van der Waals surface area (Å²) in [7, 11) is 0. The van der Waals surface area contributed by atoms with E-state index in [1.54, 1.807) is 6.20 Å². The Hall–Kier alpha value is -2.82. The van der Waals surface area contributed by atoms with Gasteiger partial charge in [0, 0.05) is 12.3 Å². The molecular formula is C22H23BrF3N5O2. The zero-order valence-electron chi connectivity index (χ0n) is 17.9. The van der Waals surface area contributed by atoms with Gasteiger partial charge in [-0.15, -0.1) is 0 Å². The van der Waals surface area contributed by atoms with Crippen LogP contribution in [0, 0.1) is 0 Å². The summed E-state index contributed by atoms with van der Waals surface area (Å²) in [5.41, 5.74) is 1.25. The lowest BCUT2D eigenvalue weighted by molar-refractivity contribution is -0.142. The molecule has 0 unspecified atom stereocenters. The van der Waals surface area contributed by atoms with Crippen molar-refractivity contribution in [1.82, 2.24) is 19.6 Å². The van der Waals surface area contributed by atoms with Gasteiger partial charge in [0.05, 0.1) is 34.8 Å². The molecule has 33 heavy (non-hydrogen) atoms. The van der Waals surface area contributed by atoms with E-state index < -0.39 is 11.9 Å². The van der Waals surface area contributed by atoms with Crippen LogP contribution >= 0.6 is 15.9 Å². The summed E-state index contributed by atoms with van der Waals surface area (Å²) in [6, 6.07) is 7.76. The number of halogens is 4. The molecule has 176 valence electrons. The first-order chi connectivity index (χ1) is 15.7. The summed E-state index contributed by atoms with van der Waals surface area (Å²) in [5, 5.41) is 10.6. The van der Waals surface area contributed by atoms with Gasteiger partial charge < -0.3 is 10.1 Å². The molecule has 1 aromatic carbocycles. The second-order valence-electron chi connectivity index (χ2n) is 7.88.